The van der Waals surface area contributed by atoms with Crippen molar-refractivity contribution in [3.05, 3.63) is 64.7 Å². The second-order valence-corrected chi connectivity index (χ2v) is 7.99. The highest BCUT2D eigenvalue weighted by atomic mass is 16.6. The second kappa shape index (κ2) is 7.15. The van der Waals surface area contributed by atoms with Gasteiger partial charge in [-0.05, 0) is 36.5 Å². The molecule has 1 N–H and O–H groups in total. The van der Waals surface area contributed by atoms with Crippen molar-refractivity contribution in [2.75, 3.05) is 5.32 Å². The molecule has 10 nitrogen and oxygen atoms in total. The standard InChI is InChI=1S/C21H18N4O6/c26-16(23-13-2-1-7-22-10-13)9-14(15-5-6-17(31-15)25(29)30)24-20(27)18-11-3-4-12(8-11)19(18)21(24)28/h1-7,10-12,14,18-19H,8-9H2,(H,23,26). The summed E-state index contributed by atoms with van der Waals surface area (Å²) in [6, 6.07) is 4.72. The van der Waals surface area contributed by atoms with E-state index in [0.29, 0.717) is 5.69 Å². The number of pyridine rings is 1. The molecular formula is C21H18N4O6. The van der Waals surface area contributed by atoms with E-state index in [9.17, 15) is 24.5 Å². The highest BCUT2D eigenvalue weighted by Gasteiger charge is 2.61. The van der Waals surface area contributed by atoms with Gasteiger partial charge in [-0.3, -0.25) is 34.4 Å². The van der Waals surface area contributed by atoms with Crippen molar-refractivity contribution in [3.63, 3.8) is 0 Å². The molecule has 3 amide bonds. The Hall–Kier alpha value is -3.82. The number of fused-ring (bicyclic) bond motifs is 5. The first-order valence-electron chi connectivity index (χ1n) is 9.93. The van der Waals surface area contributed by atoms with E-state index in [0.717, 1.165) is 17.4 Å². The number of aromatic nitrogens is 1. The first-order chi connectivity index (χ1) is 14.9. The Balaban J connectivity index is 1.45. The summed E-state index contributed by atoms with van der Waals surface area (Å²) >= 11 is 0. The Labute approximate surface area is 176 Å². The second-order valence-electron chi connectivity index (χ2n) is 7.99. The molecule has 10 heteroatoms. The minimum atomic E-state index is -1.07. The van der Waals surface area contributed by atoms with Crippen LogP contribution in [0.4, 0.5) is 11.6 Å². The lowest BCUT2D eigenvalue weighted by Crippen LogP contribution is -2.38. The Morgan fingerprint density at radius 2 is 1.94 bits per heavy atom. The van der Waals surface area contributed by atoms with Crippen molar-refractivity contribution in [1.82, 2.24) is 9.88 Å². The number of hydrogen-bond donors (Lipinski definition) is 1. The largest absolute Gasteiger partial charge is 0.433 e. The van der Waals surface area contributed by atoms with E-state index in [1.807, 2.05) is 12.2 Å². The smallest absolute Gasteiger partial charge is 0.404 e. The summed E-state index contributed by atoms with van der Waals surface area (Å²) in [7, 11) is 0. The van der Waals surface area contributed by atoms with Gasteiger partial charge in [-0.1, -0.05) is 12.2 Å². The van der Waals surface area contributed by atoms with Crippen LogP contribution in [-0.2, 0) is 14.4 Å². The van der Waals surface area contributed by atoms with E-state index in [1.165, 1.54) is 12.3 Å². The van der Waals surface area contributed by atoms with Crippen molar-refractivity contribution in [1.29, 1.82) is 0 Å². The van der Waals surface area contributed by atoms with Crippen LogP contribution in [0.1, 0.15) is 24.6 Å². The number of amides is 3. The molecule has 158 valence electrons. The lowest BCUT2D eigenvalue weighted by molar-refractivity contribution is -0.402. The molecule has 0 spiro atoms. The number of nitro groups is 1. The van der Waals surface area contributed by atoms with Gasteiger partial charge < -0.3 is 9.73 Å². The number of nitrogens with one attached hydrogen (secondary N) is 1. The SMILES string of the molecule is O=C(CC(c1ccc([N+](=O)[O-])o1)N1C(=O)C2C3C=CC(C3)C2C1=O)Nc1cccnc1. The van der Waals surface area contributed by atoms with Gasteiger partial charge in [0.2, 0.25) is 17.7 Å². The fourth-order valence-corrected chi connectivity index (χ4v) is 5.00. The maximum absolute atomic E-state index is 13.2. The summed E-state index contributed by atoms with van der Waals surface area (Å²) in [6.45, 7) is 0. The summed E-state index contributed by atoms with van der Waals surface area (Å²) in [5, 5.41) is 13.7. The minimum absolute atomic E-state index is 0.00672. The molecule has 0 aromatic carbocycles. The zero-order valence-electron chi connectivity index (χ0n) is 16.2. The molecule has 1 saturated heterocycles. The first kappa shape index (κ1) is 19.2. The molecule has 1 saturated carbocycles. The summed E-state index contributed by atoms with van der Waals surface area (Å²) in [5.41, 5.74) is 0.454. The molecular weight excluding hydrogens is 404 g/mol. The Morgan fingerprint density at radius 3 is 2.52 bits per heavy atom. The van der Waals surface area contributed by atoms with E-state index >= 15 is 0 Å². The number of carbonyl (C=O) groups is 3. The summed E-state index contributed by atoms with van der Waals surface area (Å²) in [6.07, 6.45) is 7.46. The van der Waals surface area contributed by atoms with Gasteiger partial charge in [-0.15, -0.1) is 0 Å². The highest BCUT2D eigenvalue weighted by Crippen LogP contribution is 2.54. The number of likely N-dealkylation sites (tertiary alicyclic amines) is 1. The Kier molecular flexibility index (Phi) is 4.42. The summed E-state index contributed by atoms with van der Waals surface area (Å²) in [5.74, 6) is -2.57. The maximum atomic E-state index is 13.2. The third kappa shape index (κ3) is 3.11. The number of anilines is 1. The van der Waals surface area contributed by atoms with Crippen molar-refractivity contribution in [2.24, 2.45) is 23.7 Å². The van der Waals surface area contributed by atoms with Crippen LogP contribution < -0.4 is 5.32 Å². The fraction of sp³-hybridized carbons (Fsp3) is 0.333. The fourth-order valence-electron chi connectivity index (χ4n) is 5.00. The highest BCUT2D eigenvalue weighted by molar-refractivity contribution is 6.07. The third-order valence-electron chi connectivity index (χ3n) is 6.26. The van der Waals surface area contributed by atoms with Crippen molar-refractivity contribution in [2.45, 2.75) is 18.9 Å². The van der Waals surface area contributed by atoms with Crippen molar-refractivity contribution in [3.8, 4) is 0 Å². The average Bonchev–Trinajstić information content (AvgIpc) is 3.51. The number of nitrogens with zero attached hydrogens (tertiary/aromatic N) is 3. The van der Waals surface area contributed by atoms with Gasteiger partial charge >= 0.3 is 5.88 Å². The molecule has 2 aromatic heterocycles. The number of hydrogen-bond acceptors (Lipinski definition) is 7. The van der Waals surface area contributed by atoms with Gasteiger partial charge in [0.1, 0.15) is 16.7 Å². The van der Waals surface area contributed by atoms with Gasteiger partial charge in [0.25, 0.3) is 0 Å². The van der Waals surface area contributed by atoms with Gasteiger partial charge in [0.05, 0.1) is 36.2 Å². The predicted molar refractivity (Wildman–Crippen MR) is 105 cm³/mol. The van der Waals surface area contributed by atoms with Crippen molar-refractivity contribution < 1.29 is 23.7 Å². The van der Waals surface area contributed by atoms with Crippen LogP contribution in [0.15, 0.2) is 53.2 Å². The molecule has 2 aromatic rings. The summed E-state index contributed by atoms with van der Waals surface area (Å²) in [4.78, 5) is 54.6. The molecule has 1 aliphatic heterocycles. The van der Waals surface area contributed by atoms with E-state index in [4.69, 9.17) is 4.42 Å². The van der Waals surface area contributed by atoms with Crippen molar-refractivity contribution >= 4 is 29.3 Å². The quantitative estimate of drug-likeness (QED) is 0.327. The van der Waals surface area contributed by atoms with Gasteiger partial charge in [-0.25, -0.2) is 0 Å². The molecule has 5 unspecified atom stereocenters. The molecule has 31 heavy (non-hydrogen) atoms. The predicted octanol–water partition coefficient (Wildman–Crippen LogP) is 2.46. The number of furan rings is 1. The van der Waals surface area contributed by atoms with Crippen LogP contribution in [0.5, 0.6) is 0 Å². The average molecular weight is 422 g/mol. The molecule has 2 fully saturated rings. The maximum Gasteiger partial charge on any atom is 0.433 e. The molecule has 5 rings (SSSR count). The molecule has 3 aliphatic rings. The monoisotopic (exact) mass is 422 g/mol. The van der Waals surface area contributed by atoms with E-state index in [1.54, 1.807) is 18.3 Å². The first-order valence-corrected chi connectivity index (χ1v) is 9.93. The van der Waals surface area contributed by atoms with Crippen LogP contribution in [0, 0.1) is 33.8 Å². The van der Waals surface area contributed by atoms with E-state index < -0.39 is 34.6 Å². The van der Waals surface area contributed by atoms with Gasteiger partial charge in [0.15, 0.2) is 0 Å². The minimum Gasteiger partial charge on any atom is -0.404 e. The Morgan fingerprint density at radius 1 is 1.23 bits per heavy atom. The molecule has 0 radical (unpaired) electrons. The summed E-state index contributed by atoms with van der Waals surface area (Å²) < 4.78 is 5.31. The Bertz CT molecular complexity index is 1080. The number of rotatable bonds is 6. The van der Waals surface area contributed by atoms with Crippen LogP contribution >= 0.6 is 0 Å². The molecule has 3 heterocycles. The zero-order valence-corrected chi connectivity index (χ0v) is 16.2. The van der Waals surface area contributed by atoms with Crippen LogP contribution in [-0.4, -0.2) is 32.5 Å². The van der Waals surface area contributed by atoms with E-state index in [2.05, 4.69) is 10.3 Å². The zero-order chi connectivity index (χ0) is 21.7. The molecule has 5 atom stereocenters. The molecule has 2 aliphatic carbocycles. The normalized spacial score (nSPS) is 26.9. The van der Waals surface area contributed by atoms with E-state index in [-0.39, 0.29) is 35.8 Å². The third-order valence-corrected chi connectivity index (χ3v) is 6.26. The van der Waals surface area contributed by atoms with Crippen LogP contribution in [0.2, 0.25) is 0 Å². The lowest BCUT2D eigenvalue weighted by atomic mass is 9.85. The number of allylic oxidation sites excluding steroid dienone is 2. The lowest BCUT2D eigenvalue weighted by Gasteiger charge is -2.25. The topological polar surface area (TPSA) is 136 Å². The van der Waals surface area contributed by atoms with Crippen LogP contribution in [0.25, 0.3) is 0 Å². The number of carbonyl (C=O) groups excluding carboxylic acids is 3. The van der Waals surface area contributed by atoms with Gasteiger partial charge in [-0.2, -0.15) is 0 Å². The number of imide groups is 1. The van der Waals surface area contributed by atoms with Gasteiger partial charge in [0, 0.05) is 6.20 Å². The van der Waals surface area contributed by atoms with Crippen LogP contribution in [0.3, 0.4) is 0 Å². The molecule has 2 bridgehead atoms.